The van der Waals surface area contributed by atoms with Crippen molar-refractivity contribution in [3.05, 3.63) is 88.5 Å². The van der Waals surface area contributed by atoms with E-state index in [1.807, 2.05) is 0 Å². The van der Waals surface area contributed by atoms with E-state index in [0.29, 0.717) is 28.7 Å². The Kier molecular flexibility index (Phi) is 13.3. The van der Waals surface area contributed by atoms with Gasteiger partial charge in [-0.15, -0.1) is 0 Å². The summed E-state index contributed by atoms with van der Waals surface area (Å²) >= 11 is 0. The van der Waals surface area contributed by atoms with E-state index in [4.69, 9.17) is 23.7 Å². The Balaban J connectivity index is 1.31. The lowest BCUT2D eigenvalue weighted by Crippen LogP contribution is -2.68. The second kappa shape index (κ2) is 19.1. The Hall–Kier alpha value is -7.40. The highest BCUT2D eigenvalue weighted by atomic mass is 19.4. The molecule has 0 saturated carbocycles. The molecule has 5 atom stereocenters. The van der Waals surface area contributed by atoms with Crippen LogP contribution in [-0.2, 0) is 38.3 Å². The number of esters is 1. The van der Waals surface area contributed by atoms with E-state index < -0.39 is 140 Å². The number of pyridine rings is 1. The van der Waals surface area contributed by atoms with Gasteiger partial charge in [0.25, 0.3) is 0 Å². The van der Waals surface area contributed by atoms with E-state index >= 15 is 35.1 Å². The number of aromatic nitrogens is 3. The van der Waals surface area contributed by atoms with Crippen molar-refractivity contribution in [2.45, 2.75) is 114 Å². The normalized spacial score (nSPS) is 21.2. The van der Waals surface area contributed by atoms with Gasteiger partial charge in [-0.2, -0.15) is 31.3 Å². The van der Waals surface area contributed by atoms with Crippen LogP contribution in [0.25, 0.3) is 22.2 Å². The smallest absolute Gasteiger partial charge is 0.427 e. The van der Waals surface area contributed by atoms with E-state index in [0.717, 1.165) is 18.9 Å². The summed E-state index contributed by atoms with van der Waals surface area (Å²) in [5.74, 6) is -6.71. The molecule has 75 heavy (non-hydrogen) atoms. The molecule has 2 bridgehead atoms. The average Bonchev–Trinajstić information content (AvgIpc) is 3.58. The number of piperazine rings is 1. The van der Waals surface area contributed by atoms with Crippen LogP contribution < -0.4 is 28.9 Å². The molecule has 0 spiro atoms. The monoisotopic (exact) mass is 1060 g/mol. The topological polar surface area (TPSA) is 169 Å². The Bertz CT molecular complexity index is 3020. The predicted molar refractivity (Wildman–Crippen MR) is 254 cm³/mol. The number of aliphatic carboxylic acids is 1. The number of methoxy groups -OCH3 is 3. The van der Waals surface area contributed by atoms with Crippen LogP contribution in [0.1, 0.15) is 68.7 Å². The maximum Gasteiger partial charge on any atom is 0.427 e. The highest BCUT2D eigenvalue weighted by molar-refractivity contribution is 5.99. The van der Waals surface area contributed by atoms with Crippen molar-refractivity contribution in [1.82, 2.24) is 19.9 Å². The molecule has 0 radical (unpaired) electrons. The molecule has 4 aliphatic rings. The van der Waals surface area contributed by atoms with Gasteiger partial charge in [0.2, 0.25) is 17.9 Å². The third-order valence-corrected chi connectivity index (χ3v) is 14.1. The number of benzene rings is 3. The van der Waals surface area contributed by atoms with Crippen LogP contribution in [0, 0.1) is 18.6 Å². The van der Waals surface area contributed by atoms with Gasteiger partial charge < -0.3 is 43.5 Å². The van der Waals surface area contributed by atoms with Gasteiger partial charge in [0.05, 0.1) is 57.1 Å². The Morgan fingerprint density at radius 3 is 1.99 bits per heavy atom. The van der Waals surface area contributed by atoms with Gasteiger partial charge in [-0.3, -0.25) is 9.69 Å². The summed E-state index contributed by atoms with van der Waals surface area (Å²) in [6.07, 6.45) is -15.5. The van der Waals surface area contributed by atoms with Crippen LogP contribution in [0.3, 0.4) is 0 Å². The van der Waals surface area contributed by atoms with E-state index in [-0.39, 0.29) is 45.4 Å². The second-order valence-corrected chi connectivity index (χ2v) is 19.9. The van der Waals surface area contributed by atoms with Crippen molar-refractivity contribution < 1.29 is 78.3 Å². The number of halogens is 8. The quantitative estimate of drug-likeness (QED) is 0.0926. The van der Waals surface area contributed by atoms with Crippen LogP contribution in [-0.4, -0.2) is 119 Å². The highest BCUT2D eigenvalue weighted by Gasteiger charge is 2.62. The largest absolute Gasteiger partial charge is 0.497 e. The fraction of sp³-hybridized carbons (Fsp3) is 0.451. The highest BCUT2D eigenvalue weighted by Crippen LogP contribution is 2.52. The lowest BCUT2D eigenvalue weighted by molar-refractivity contribution is -0.206. The number of carboxylic acids is 1. The molecule has 2 aromatic heterocycles. The number of hydrogen-bond acceptors (Lipinski definition) is 14. The summed E-state index contributed by atoms with van der Waals surface area (Å²) in [4.78, 5) is 57.6. The first-order valence-corrected chi connectivity index (χ1v) is 23.7. The third-order valence-electron chi connectivity index (χ3n) is 14.1. The number of amides is 1. The van der Waals surface area contributed by atoms with Crippen molar-refractivity contribution in [2.75, 3.05) is 49.1 Å². The van der Waals surface area contributed by atoms with Crippen molar-refractivity contribution in [2.24, 2.45) is 0 Å². The van der Waals surface area contributed by atoms with E-state index in [2.05, 4.69) is 15.0 Å². The minimum absolute atomic E-state index is 0.0161. The summed E-state index contributed by atoms with van der Waals surface area (Å²) in [6, 6.07) is 9.74. The molecule has 3 saturated heterocycles. The van der Waals surface area contributed by atoms with E-state index in [1.54, 1.807) is 69.3 Å². The molecule has 24 heteroatoms. The van der Waals surface area contributed by atoms with Gasteiger partial charge in [0, 0.05) is 31.7 Å². The zero-order chi connectivity index (χ0) is 54.3. The fourth-order valence-corrected chi connectivity index (χ4v) is 10.7. The summed E-state index contributed by atoms with van der Waals surface area (Å²) < 4.78 is 157. The van der Waals surface area contributed by atoms with Gasteiger partial charge in [0.1, 0.15) is 45.3 Å². The SMILES string of the molecule is COC(=O)C1(CC(=O)O)CCN1c1nc2c3c(nc(-c4cc(N(Cc5ccc(OC)cc5)Cc5ccc(OC)cc5)c(F)c(C)c4C(F)(F)F)c(F)c3n1)O[C@@H](C(F)(F)F)[C@@H]1[C@@H]3CC[C@H](CN21)N3C(=O)OC(C)(C)C. The van der Waals surface area contributed by atoms with Gasteiger partial charge in [-0.1, -0.05) is 24.3 Å². The lowest BCUT2D eigenvalue weighted by Gasteiger charge is -2.50. The van der Waals surface area contributed by atoms with Gasteiger partial charge in [-0.05, 0) is 94.0 Å². The third kappa shape index (κ3) is 9.44. The van der Waals surface area contributed by atoms with Crippen molar-refractivity contribution in [3.8, 4) is 28.6 Å². The number of ether oxygens (including phenoxy) is 5. The van der Waals surface area contributed by atoms with E-state index in [9.17, 15) is 19.5 Å². The fourth-order valence-electron chi connectivity index (χ4n) is 10.7. The number of anilines is 3. The van der Waals surface area contributed by atoms with Crippen LogP contribution in [0.2, 0.25) is 0 Å². The standard InChI is InChI=1S/C51H51F8N7O9/c1-25-36(50(54,55)56)31(20-33(37(25)52)63(22-26-8-13-29(71-5)14-9-26)23-27-10-15-30(72-6)16-11-27)39-38(53)40-35-43(62-46(61-40)65-19-18-49(65,21-34(67)68)45(69)73-7)64-24-28-12-17-32(66(28)47(70)75-48(2,3)4)41(64)42(51(57,58)59)74-44(35)60-39/h8-11,13-16,20,28,32,41-42H,12,17-19,21-24H2,1-7H3,(H,67,68)/t28-,32+,41+,42-,49?/m1/s1. The van der Waals surface area contributed by atoms with Crippen molar-refractivity contribution in [1.29, 1.82) is 0 Å². The zero-order valence-electron chi connectivity index (χ0n) is 41.5. The number of carbonyl (C=O) groups is 3. The minimum Gasteiger partial charge on any atom is -0.497 e. The summed E-state index contributed by atoms with van der Waals surface area (Å²) in [6.45, 7) is 4.70. The molecule has 1 amide bonds. The maximum atomic E-state index is 18.2. The summed E-state index contributed by atoms with van der Waals surface area (Å²) in [5.41, 5.74) is -8.52. The molecule has 9 rings (SSSR count). The van der Waals surface area contributed by atoms with Crippen LogP contribution in [0.15, 0.2) is 54.6 Å². The first-order chi connectivity index (χ1) is 35.3. The maximum absolute atomic E-state index is 18.2. The molecule has 4 aliphatic heterocycles. The molecule has 1 unspecified atom stereocenters. The van der Waals surface area contributed by atoms with E-state index in [1.165, 1.54) is 28.9 Å². The average molecular weight is 1060 g/mol. The second-order valence-electron chi connectivity index (χ2n) is 19.9. The number of carbonyl (C=O) groups excluding carboxylic acids is 2. The molecular weight excluding hydrogens is 1010 g/mol. The molecule has 3 aromatic carbocycles. The number of hydrogen-bond donors (Lipinski definition) is 1. The van der Waals surface area contributed by atoms with Crippen molar-refractivity contribution in [3.63, 3.8) is 0 Å². The number of nitrogens with zero attached hydrogens (tertiary/aromatic N) is 7. The van der Waals surface area contributed by atoms with Gasteiger partial charge in [0.15, 0.2) is 11.4 Å². The van der Waals surface area contributed by atoms with Gasteiger partial charge >= 0.3 is 30.4 Å². The minimum atomic E-state index is -5.45. The van der Waals surface area contributed by atoms with Gasteiger partial charge in [-0.25, -0.2) is 28.3 Å². The van der Waals surface area contributed by atoms with Crippen LogP contribution in [0.5, 0.6) is 17.4 Å². The molecule has 16 nitrogen and oxygen atoms in total. The van der Waals surface area contributed by atoms with Crippen LogP contribution in [0.4, 0.5) is 57.4 Å². The lowest BCUT2D eigenvalue weighted by atomic mass is 9.81. The first kappa shape index (κ1) is 52.5. The van der Waals surface area contributed by atoms with Crippen LogP contribution >= 0.6 is 0 Å². The Morgan fingerprint density at radius 1 is 0.867 bits per heavy atom. The Labute approximate surface area is 424 Å². The number of carboxylic acid groups (broad SMARTS) is 1. The number of fused-ring (bicyclic) bond motifs is 5. The Morgan fingerprint density at radius 2 is 1.48 bits per heavy atom. The molecule has 6 heterocycles. The molecule has 0 aliphatic carbocycles. The summed E-state index contributed by atoms with van der Waals surface area (Å²) in [5, 5.41) is 9.39. The predicted octanol–water partition coefficient (Wildman–Crippen LogP) is 9.40. The number of rotatable bonds is 12. The first-order valence-electron chi connectivity index (χ1n) is 23.7. The zero-order valence-corrected chi connectivity index (χ0v) is 41.5. The molecule has 1 N–H and O–H groups in total. The summed E-state index contributed by atoms with van der Waals surface area (Å²) in [7, 11) is 3.88. The molecular formula is C51H51F8N7O9. The van der Waals surface area contributed by atoms with Crippen molar-refractivity contribution >= 4 is 46.4 Å². The number of alkyl halides is 6. The molecule has 5 aromatic rings. The molecule has 3 fully saturated rings. The molecule has 400 valence electrons.